The zero-order valence-electron chi connectivity index (χ0n) is 18.9. The first kappa shape index (κ1) is 22.6. The number of hydrogen-bond acceptors (Lipinski definition) is 4. The third-order valence-electron chi connectivity index (χ3n) is 5.19. The van der Waals surface area contributed by atoms with Crippen LogP contribution in [0.15, 0.2) is 77.7 Å². The van der Waals surface area contributed by atoms with Crippen molar-refractivity contribution in [2.45, 2.75) is 50.3 Å². The van der Waals surface area contributed by atoms with Gasteiger partial charge in [-0.3, -0.25) is 9.69 Å². The summed E-state index contributed by atoms with van der Waals surface area (Å²) in [6.45, 7) is 9.18. The van der Waals surface area contributed by atoms with Gasteiger partial charge < -0.3 is 0 Å². The molecule has 5 heteroatoms. The molecule has 32 heavy (non-hydrogen) atoms. The number of benzene rings is 3. The van der Waals surface area contributed by atoms with Gasteiger partial charge in [0.1, 0.15) is 0 Å². The number of carbonyl (C=O) groups excluding carboxylic acids is 1. The van der Waals surface area contributed by atoms with Crippen molar-refractivity contribution < 1.29 is 4.79 Å². The second-order valence-electron chi connectivity index (χ2n) is 8.41. The molecule has 3 aromatic carbocycles. The smallest absolute Gasteiger partial charge is 0.260 e. The van der Waals surface area contributed by atoms with E-state index in [-0.39, 0.29) is 5.91 Å². The van der Waals surface area contributed by atoms with E-state index in [1.165, 1.54) is 10.5 Å². The van der Waals surface area contributed by atoms with E-state index in [2.05, 4.69) is 58.0 Å². The lowest BCUT2D eigenvalue weighted by molar-refractivity contribution is 0.0985. The molecule has 1 aromatic heterocycles. The molecule has 0 saturated carbocycles. The summed E-state index contributed by atoms with van der Waals surface area (Å²) in [4.78, 5) is 21.6. The molecule has 0 spiro atoms. The number of thiazole rings is 1. The molecule has 1 heterocycles. The zero-order valence-corrected chi connectivity index (χ0v) is 20.5. The van der Waals surface area contributed by atoms with Gasteiger partial charge in [0.15, 0.2) is 5.13 Å². The van der Waals surface area contributed by atoms with Crippen molar-refractivity contribution in [2.24, 2.45) is 0 Å². The van der Waals surface area contributed by atoms with Gasteiger partial charge in [-0.15, -0.1) is 11.8 Å². The molecule has 0 saturated heterocycles. The monoisotopic (exact) mass is 460 g/mol. The summed E-state index contributed by atoms with van der Waals surface area (Å²) >= 11 is 3.38. The fourth-order valence-corrected chi connectivity index (χ4v) is 5.47. The Bertz CT molecular complexity index is 1200. The van der Waals surface area contributed by atoms with E-state index in [1.807, 2.05) is 47.4 Å². The highest BCUT2D eigenvalue weighted by Crippen LogP contribution is 2.35. The quantitative estimate of drug-likeness (QED) is 0.264. The summed E-state index contributed by atoms with van der Waals surface area (Å²) in [6.07, 6.45) is 0. The van der Waals surface area contributed by atoms with Crippen LogP contribution >= 0.6 is 23.1 Å². The Balaban J connectivity index is 1.73. The van der Waals surface area contributed by atoms with Gasteiger partial charge in [-0.1, -0.05) is 81.5 Å². The van der Waals surface area contributed by atoms with Crippen molar-refractivity contribution in [3.05, 3.63) is 89.5 Å². The van der Waals surface area contributed by atoms with Gasteiger partial charge in [-0.2, -0.15) is 0 Å². The van der Waals surface area contributed by atoms with Crippen LogP contribution in [0.2, 0.25) is 0 Å². The molecule has 0 atom stereocenters. The Morgan fingerprint density at radius 2 is 1.66 bits per heavy atom. The minimum atomic E-state index is -0.0277. The molecule has 1 amide bonds. The number of para-hydroxylation sites is 1. The average molecular weight is 461 g/mol. The van der Waals surface area contributed by atoms with E-state index >= 15 is 0 Å². The highest BCUT2D eigenvalue weighted by molar-refractivity contribution is 7.99. The second kappa shape index (κ2) is 9.88. The third-order valence-corrected chi connectivity index (χ3v) is 7.25. The fraction of sp³-hybridized carbons (Fsp3) is 0.259. The number of amides is 1. The maximum absolute atomic E-state index is 13.7. The van der Waals surface area contributed by atoms with Gasteiger partial charge in [-0.25, -0.2) is 4.98 Å². The number of nitrogens with zero attached hydrogens (tertiary/aromatic N) is 2. The number of anilines is 1. The molecule has 0 aliphatic heterocycles. The molecule has 0 bridgehead atoms. The minimum absolute atomic E-state index is 0.0277. The largest absolute Gasteiger partial charge is 0.279 e. The van der Waals surface area contributed by atoms with Gasteiger partial charge >= 0.3 is 0 Å². The number of aromatic nitrogens is 1. The fourth-order valence-electron chi connectivity index (χ4n) is 3.64. The van der Waals surface area contributed by atoms with Crippen molar-refractivity contribution in [1.29, 1.82) is 0 Å². The van der Waals surface area contributed by atoms with Crippen LogP contribution < -0.4 is 4.90 Å². The van der Waals surface area contributed by atoms with Crippen molar-refractivity contribution >= 4 is 44.4 Å². The van der Waals surface area contributed by atoms with Gasteiger partial charge in [0.25, 0.3) is 5.91 Å². The molecule has 0 fully saturated rings. The second-order valence-corrected chi connectivity index (χ2v) is 11.1. The lowest BCUT2D eigenvalue weighted by Gasteiger charge is -2.20. The maximum atomic E-state index is 13.7. The maximum Gasteiger partial charge on any atom is 0.260 e. The number of thioether (sulfide) groups is 1. The summed E-state index contributed by atoms with van der Waals surface area (Å²) in [6, 6.07) is 24.3. The van der Waals surface area contributed by atoms with Gasteiger partial charge in [0.05, 0.1) is 16.8 Å². The Hall–Kier alpha value is -2.63. The van der Waals surface area contributed by atoms with E-state index in [0.29, 0.717) is 23.3 Å². The highest BCUT2D eigenvalue weighted by Gasteiger charge is 2.23. The summed E-state index contributed by atoms with van der Waals surface area (Å²) in [5.74, 6) is 0.345. The molecule has 0 aliphatic carbocycles. The first-order chi connectivity index (χ1) is 15.4. The molecular formula is C27H28N2OS2. The SMILES string of the molecule is CC(C)Sc1ccc(C(=O)N(Cc2ccccc2)c2nc3c(C(C)C)cccc3s2)cc1. The summed E-state index contributed by atoms with van der Waals surface area (Å²) in [5, 5.41) is 1.24. The average Bonchev–Trinajstić information content (AvgIpc) is 3.21. The number of fused-ring (bicyclic) bond motifs is 1. The van der Waals surface area contributed by atoms with Gasteiger partial charge in [0, 0.05) is 15.7 Å². The van der Waals surface area contributed by atoms with Gasteiger partial charge in [0.2, 0.25) is 0 Å². The summed E-state index contributed by atoms with van der Waals surface area (Å²) in [7, 11) is 0. The Kier molecular flexibility index (Phi) is 6.97. The first-order valence-corrected chi connectivity index (χ1v) is 12.6. The van der Waals surface area contributed by atoms with Gasteiger partial charge in [-0.05, 0) is 47.4 Å². The van der Waals surface area contributed by atoms with Crippen LogP contribution in [0.4, 0.5) is 5.13 Å². The van der Waals surface area contributed by atoms with Crippen LogP contribution in [-0.4, -0.2) is 16.1 Å². The van der Waals surface area contributed by atoms with Crippen LogP contribution in [0, 0.1) is 0 Å². The molecule has 4 rings (SSSR count). The van der Waals surface area contributed by atoms with E-state index in [0.717, 1.165) is 20.9 Å². The number of carbonyl (C=O) groups is 1. The topological polar surface area (TPSA) is 33.2 Å². The predicted molar refractivity (Wildman–Crippen MR) is 138 cm³/mol. The molecule has 0 unspecified atom stereocenters. The van der Waals surface area contributed by atoms with Crippen LogP contribution in [0.1, 0.15) is 55.1 Å². The van der Waals surface area contributed by atoms with E-state index in [9.17, 15) is 4.79 Å². The molecule has 0 radical (unpaired) electrons. The Morgan fingerprint density at radius 1 is 0.938 bits per heavy atom. The van der Waals surface area contributed by atoms with Crippen LogP contribution in [-0.2, 0) is 6.54 Å². The van der Waals surface area contributed by atoms with Crippen LogP contribution in [0.25, 0.3) is 10.2 Å². The van der Waals surface area contributed by atoms with E-state index in [4.69, 9.17) is 4.98 Å². The van der Waals surface area contributed by atoms with Crippen molar-refractivity contribution in [1.82, 2.24) is 4.98 Å². The highest BCUT2D eigenvalue weighted by atomic mass is 32.2. The zero-order chi connectivity index (χ0) is 22.7. The Morgan fingerprint density at radius 3 is 2.31 bits per heavy atom. The van der Waals surface area contributed by atoms with E-state index < -0.39 is 0 Å². The van der Waals surface area contributed by atoms with Crippen molar-refractivity contribution in [3.8, 4) is 0 Å². The normalized spacial score (nSPS) is 11.4. The van der Waals surface area contributed by atoms with Crippen molar-refractivity contribution in [2.75, 3.05) is 4.90 Å². The molecule has 0 N–H and O–H groups in total. The van der Waals surface area contributed by atoms with E-state index in [1.54, 1.807) is 23.1 Å². The summed E-state index contributed by atoms with van der Waals surface area (Å²) in [5.41, 5.74) is 3.97. The number of rotatable bonds is 7. The minimum Gasteiger partial charge on any atom is -0.279 e. The first-order valence-electron chi connectivity index (χ1n) is 10.9. The lowest BCUT2D eigenvalue weighted by atomic mass is 10.0. The summed E-state index contributed by atoms with van der Waals surface area (Å²) < 4.78 is 1.11. The molecule has 4 aromatic rings. The lowest BCUT2D eigenvalue weighted by Crippen LogP contribution is -2.30. The van der Waals surface area contributed by atoms with Crippen LogP contribution in [0.3, 0.4) is 0 Å². The molecular weight excluding hydrogens is 432 g/mol. The van der Waals surface area contributed by atoms with Crippen molar-refractivity contribution in [3.63, 3.8) is 0 Å². The molecule has 164 valence electrons. The predicted octanol–water partition coefficient (Wildman–Crippen LogP) is 7.77. The Labute approximate surface area is 198 Å². The molecule has 3 nitrogen and oxygen atoms in total. The standard InChI is InChI=1S/C27H28N2OS2/c1-18(2)23-11-8-12-24-25(23)28-27(32-24)29(17-20-9-6-5-7-10-20)26(30)21-13-15-22(16-14-21)31-19(3)4/h5-16,18-19H,17H2,1-4H3. The van der Waals surface area contributed by atoms with Crippen LogP contribution in [0.5, 0.6) is 0 Å². The molecule has 0 aliphatic rings. The third kappa shape index (κ3) is 5.05. The number of hydrogen-bond donors (Lipinski definition) is 0.